The molecule has 2 aromatic rings. The quantitative estimate of drug-likeness (QED) is 0.745. The van der Waals surface area contributed by atoms with Gasteiger partial charge in [-0.15, -0.1) is 0 Å². The second-order valence-corrected chi connectivity index (χ2v) is 5.99. The van der Waals surface area contributed by atoms with Gasteiger partial charge < -0.3 is 19.1 Å². The van der Waals surface area contributed by atoms with Crippen LogP contribution in [0.25, 0.3) is 0 Å². The molecule has 1 amide bonds. The number of carbonyl (C=O) groups excluding carboxylic acids is 2. The second-order valence-electron chi connectivity index (χ2n) is 5.99. The minimum Gasteiger partial charge on any atom is -0.493 e. The van der Waals surface area contributed by atoms with E-state index in [1.807, 2.05) is 12.1 Å². The number of hydrogen-bond acceptors (Lipinski definition) is 5. The molecule has 0 saturated heterocycles. The molecule has 0 N–H and O–H groups in total. The number of methoxy groups -OCH3 is 2. The first-order chi connectivity index (χ1) is 12.7. The van der Waals surface area contributed by atoms with Gasteiger partial charge in [0.1, 0.15) is 5.75 Å². The largest absolute Gasteiger partial charge is 0.493 e. The first-order valence-corrected chi connectivity index (χ1v) is 8.34. The summed E-state index contributed by atoms with van der Waals surface area (Å²) >= 11 is 0. The van der Waals surface area contributed by atoms with Gasteiger partial charge in [0.2, 0.25) is 0 Å². The predicted molar refractivity (Wildman–Crippen MR) is 96.0 cm³/mol. The summed E-state index contributed by atoms with van der Waals surface area (Å²) in [5.41, 5.74) is 2.62. The predicted octanol–water partition coefficient (Wildman–Crippen LogP) is 2.48. The Kier molecular flexibility index (Phi) is 5.41. The molecule has 0 aromatic heterocycles. The third kappa shape index (κ3) is 3.64. The number of rotatable bonds is 6. The van der Waals surface area contributed by atoms with Gasteiger partial charge in [-0.1, -0.05) is 12.1 Å². The molecule has 0 bridgehead atoms. The fourth-order valence-corrected chi connectivity index (χ4v) is 3.04. The molecule has 0 atom stereocenters. The minimum atomic E-state index is -0.119. The molecule has 6 nitrogen and oxygen atoms in total. The lowest BCUT2D eigenvalue weighted by atomic mass is 9.99. The summed E-state index contributed by atoms with van der Waals surface area (Å²) < 4.78 is 16.2. The molecule has 3 rings (SSSR count). The van der Waals surface area contributed by atoms with E-state index in [-0.39, 0.29) is 12.5 Å². The first-order valence-electron chi connectivity index (χ1n) is 8.34. The third-order valence-corrected chi connectivity index (χ3v) is 4.47. The average molecular weight is 355 g/mol. The summed E-state index contributed by atoms with van der Waals surface area (Å²) in [4.78, 5) is 25.3. The highest BCUT2D eigenvalue weighted by Gasteiger charge is 2.23. The topological polar surface area (TPSA) is 65.1 Å². The van der Waals surface area contributed by atoms with Crippen molar-refractivity contribution in [3.05, 3.63) is 53.1 Å². The van der Waals surface area contributed by atoms with Crippen molar-refractivity contribution in [2.75, 3.05) is 27.4 Å². The van der Waals surface area contributed by atoms with Crippen LogP contribution in [0, 0.1) is 0 Å². The highest BCUT2D eigenvalue weighted by Crippen LogP contribution is 2.33. The zero-order valence-corrected chi connectivity index (χ0v) is 14.9. The van der Waals surface area contributed by atoms with Gasteiger partial charge in [-0.3, -0.25) is 9.59 Å². The van der Waals surface area contributed by atoms with E-state index in [0.717, 1.165) is 23.8 Å². The maximum absolute atomic E-state index is 12.5. The highest BCUT2D eigenvalue weighted by molar-refractivity contribution is 5.81. The van der Waals surface area contributed by atoms with E-state index < -0.39 is 0 Å². The lowest BCUT2D eigenvalue weighted by Crippen LogP contribution is -2.38. The molecule has 0 saturated carbocycles. The number of aldehydes is 1. The first kappa shape index (κ1) is 17.8. The summed E-state index contributed by atoms with van der Waals surface area (Å²) in [6, 6.07) is 10.7. The van der Waals surface area contributed by atoms with Gasteiger partial charge in [0.15, 0.2) is 24.4 Å². The number of amides is 1. The van der Waals surface area contributed by atoms with Crippen molar-refractivity contribution in [1.29, 1.82) is 0 Å². The van der Waals surface area contributed by atoms with Crippen LogP contribution in [-0.2, 0) is 17.8 Å². The van der Waals surface area contributed by atoms with Crippen LogP contribution in [-0.4, -0.2) is 44.5 Å². The molecule has 0 fully saturated rings. The van der Waals surface area contributed by atoms with Crippen molar-refractivity contribution >= 4 is 12.2 Å². The van der Waals surface area contributed by atoms with Crippen molar-refractivity contribution in [2.45, 2.75) is 13.0 Å². The maximum Gasteiger partial charge on any atom is 0.260 e. The van der Waals surface area contributed by atoms with Crippen LogP contribution in [0.2, 0.25) is 0 Å². The summed E-state index contributed by atoms with van der Waals surface area (Å²) in [6.45, 7) is 1.00. The van der Waals surface area contributed by atoms with Crippen LogP contribution in [0.5, 0.6) is 17.2 Å². The highest BCUT2D eigenvalue weighted by atomic mass is 16.5. The van der Waals surface area contributed by atoms with Crippen LogP contribution in [0.3, 0.4) is 0 Å². The van der Waals surface area contributed by atoms with Crippen LogP contribution in [0.4, 0.5) is 0 Å². The molecule has 1 heterocycles. The van der Waals surface area contributed by atoms with Gasteiger partial charge in [-0.25, -0.2) is 0 Å². The Morgan fingerprint density at radius 2 is 1.77 bits per heavy atom. The Morgan fingerprint density at radius 1 is 1.08 bits per heavy atom. The lowest BCUT2D eigenvalue weighted by Gasteiger charge is -2.29. The van der Waals surface area contributed by atoms with Gasteiger partial charge >= 0.3 is 0 Å². The van der Waals surface area contributed by atoms with Gasteiger partial charge in [0, 0.05) is 13.1 Å². The minimum absolute atomic E-state index is 0.104. The standard InChI is InChI=1S/C20H21NO5/c1-24-18-9-14-7-8-21(11-16(14)10-19(18)25-2)20(23)13-26-17-6-4-3-5-15(17)12-22/h3-6,9-10,12H,7-8,11,13H2,1-2H3. The molecule has 0 spiro atoms. The lowest BCUT2D eigenvalue weighted by molar-refractivity contribution is -0.134. The SMILES string of the molecule is COc1cc2c(cc1OC)CN(C(=O)COc1ccccc1C=O)CC2. The van der Waals surface area contributed by atoms with Crippen molar-refractivity contribution < 1.29 is 23.8 Å². The van der Waals surface area contributed by atoms with Gasteiger partial charge in [0.05, 0.1) is 19.8 Å². The Morgan fingerprint density at radius 3 is 2.46 bits per heavy atom. The number of fused-ring (bicyclic) bond motifs is 1. The van der Waals surface area contributed by atoms with E-state index in [1.165, 1.54) is 0 Å². The summed E-state index contributed by atoms with van der Waals surface area (Å²) in [7, 11) is 3.20. The van der Waals surface area contributed by atoms with Crippen LogP contribution >= 0.6 is 0 Å². The summed E-state index contributed by atoms with van der Waals surface area (Å²) in [6.07, 6.45) is 1.46. The van der Waals surface area contributed by atoms with Crippen molar-refractivity contribution in [2.24, 2.45) is 0 Å². The van der Waals surface area contributed by atoms with E-state index in [4.69, 9.17) is 14.2 Å². The molecule has 26 heavy (non-hydrogen) atoms. The number of para-hydroxylation sites is 1. The van der Waals surface area contributed by atoms with E-state index in [9.17, 15) is 9.59 Å². The molecule has 6 heteroatoms. The van der Waals surface area contributed by atoms with Crippen LogP contribution in [0.1, 0.15) is 21.5 Å². The van der Waals surface area contributed by atoms with Crippen molar-refractivity contribution in [3.63, 3.8) is 0 Å². The van der Waals surface area contributed by atoms with Crippen molar-refractivity contribution in [3.8, 4) is 17.2 Å². The smallest absolute Gasteiger partial charge is 0.260 e. The molecular weight excluding hydrogens is 334 g/mol. The van der Waals surface area contributed by atoms with E-state index in [1.54, 1.807) is 43.4 Å². The Balaban J connectivity index is 1.68. The molecule has 0 radical (unpaired) electrons. The molecule has 0 aliphatic carbocycles. The van der Waals surface area contributed by atoms with E-state index >= 15 is 0 Å². The zero-order chi connectivity index (χ0) is 18.5. The summed E-state index contributed by atoms with van der Waals surface area (Å²) in [5, 5.41) is 0. The second kappa shape index (κ2) is 7.91. The van der Waals surface area contributed by atoms with Gasteiger partial charge in [-0.2, -0.15) is 0 Å². The molecule has 1 aliphatic rings. The van der Waals surface area contributed by atoms with Crippen molar-refractivity contribution in [1.82, 2.24) is 4.90 Å². The number of benzene rings is 2. The number of nitrogens with zero attached hydrogens (tertiary/aromatic N) is 1. The third-order valence-electron chi connectivity index (χ3n) is 4.47. The molecular formula is C20H21NO5. The Bertz CT molecular complexity index is 818. The fraction of sp³-hybridized carbons (Fsp3) is 0.300. The van der Waals surface area contributed by atoms with Gasteiger partial charge in [-0.05, 0) is 41.8 Å². The number of ether oxygens (including phenoxy) is 3. The zero-order valence-electron chi connectivity index (χ0n) is 14.9. The fourth-order valence-electron chi connectivity index (χ4n) is 3.04. The van der Waals surface area contributed by atoms with Crippen LogP contribution in [0.15, 0.2) is 36.4 Å². The molecule has 0 unspecified atom stereocenters. The molecule has 1 aliphatic heterocycles. The average Bonchev–Trinajstić information content (AvgIpc) is 2.70. The van der Waals surface area contributed by atoms with Gasteiger partial charge in [0.25, 0.3) is 5.91 Å². The molecule has 2 aromatic carbocycles. The Labute approximate surface area is 152 Å². The van der Waals surface area contributed by atoms with E-state index in [2.05, 4.69) is 0 Å². The number of carbonyl (C=O) groups is 2. The van der Waals surface area contributed by atoms with E-state index in [0.29, 0.717) is 35.9 Å². The maximum atomic E-state index is 12.5. The monoisotopic (exact) mass is 355 g/mol. The molecule has 136 valence electrons. The summed E-state index contributed by atoms with van der Waals surface area (Å²) in [5.74, 6) is 1.64. The number of hydrogen-bond donors (Lipinski definition) is 0. The normalized spacial score (nSPS) is 12.9. The Hall–Kier alpha value is -3.02. The van der Waals surface area contributed by atoms with Crippen LogP contribution < -0.4 is 14.2 Å².